The first-order chi connectivity index (χ1) is 13.4. The largest absolute Gasteiger partial charge is 0.328 e. The second-order valence-electron chi connectivity index (χ2n) is 7.16. The molecule has 1 aliphatic rings. The summed E-state index contributed by atoms with van der Waals surface area (Å²) >= 11 is 6.02. The van der Waals surface area contributed by atoms with Gasteiger partial charge in [0.25, 0.3) is 5.56 Å². The van der Waals surface area contributed by atoms with Crippen molar-refractivity contribution in [2.24, 2.45) is 5.92 Å². The van der Waals surface area contributed by atoms with Gasteiger partial charge in [0.2, 0.25) is 5.91 Å². The first-order valence-electron chi connectivity index (χ1n) is 9.21. The predicted molar refractivity (Wildman–Crippen MR) is 111 cm³/mol. The Hall–Kier alpha value is -2.92. The molecular weight excluding hydrogens is 374 g/mol. The standard InChI is InChI=1S/C22H20ClN3O2/c1-13-3-10-19(25-20(13)16-11-14(2)21(27)24-12-16)26(22(28)15-4-5-15)18-8-6-17(23)7-9-18/h3,6-12,15H,4-5H2,1-2H3,(H,24,27). The van der Waals surface area contributed by atoms with E-state index in [4.69, 9.17) is 16.6 Å². The van der Waals surface area contributed by atoms with Crippen molar-refractivity contribution in [2.75, 3.05) is 4.90 Å². The van der Waals surface area contributed by atoms with E-state index in [9.17, 15) is 9.59 Å². The average Bonchev–Trinajstić information content (AvgIpc) is 3.52. The summed E-state index contributed by atoms with van der Waals surface area (Å²) in [5.41, 5.74) is 3.74. The van der Waals surface area contributed by atoms with Gasteiger partial charge in [0.1, 0.15) is 5.82 Å². The Morgan fingerprint density at radius 2 is 1.82 bits per heavy atom. The Kier molecular flexibility index (Phi) is 4.77. The quantitative estimate of drug-likeness (QED) is 0.693. The van der Waals surface area contributed by atoms with Gasteiger partial charge >= 0.3 is 0 Å². The lowest BCUT2D eigenvalue weighted by atomic mass is 10.1. The number of halogens is 1. The van der Waals surface area contributed by atoms with Crippen LogP contribution in [0.4, 0.5) is 11.5 Å². The van der Waals surface area contributed by atoms with E-state index in [2.05, 4.69) is 4.98 Å². The Balaban J connectivity index is 1.82. The molecule has 142 valence electrons. The summed E-state index contributed by atoms with van der Waals surface area (Å²) in [5.74, 6) is 0.642. The van der Waals surface area contributed by atoms with Crippen LogP contribution in [0, 0.1) is 19.8 Å². The van der Waals surface area contributed by atoms with Gasteiger partial charge in [0.15, 0.2) is 0 Å². The molecule has 5 nitrogen and oxygen atoms in total. The van der Waals surface area contributed by atoms with E-state index in [1.165, 1.54) is 0 Å². The van der Waals surface area contributed by atoms with Crippen molar-refractivity contribution < 1.29 is 4.79 Å². The fourth-order valence-corrected chi connectivity index (χ4v) is 3.27. The first-order valence-corrected chi connectivity index (χ1v) is 9.59. The van der Waals surface area contributed by atoms with E-state index in [1.54, 1.807) is 30.2 Å². The second-order valence-corrected chi connectivity index (χ2v) is 7.60. The van der Waals surface area contributed by atoms with Crippen molar-refractivity contribution in [2.45, 2.75) is 26.7 Å². The number of hydrogen-bond donors (Lipinski definition) is 1. The molecule has 0 atom stereocenters. The third-order valence-corrected chi connectivity index (χ3v) is 5.16. The van der Waals surface area contributed by atoms with Gasteiger partial charge in [-0.25, -0.2) is 4.98 Å². The van der Waals surface area contributed by atoms with Crippen molar-refractivity contribution in [1.29, 1.82) is 0 Å². The SMILES string of the molecule is Cc1ccc(N(C(=O)C2CC2)c2ccc(Cl)cc2)nc1-c1c[nH]c(=O)c(C)c1. The monoisotopic (exact) mass is 393 g/mol. The highest BCUT2D eigenvalue weighted by molar-refractivity contribution is 6.30. The summed E-state index contributed by atoms with van der Waals surface area (Å²) in [5, 5.41) is 0.615. The minimum absolute atomic E-state index is 0.0394. The number of rotatable bonds is 4. The summed E-state index contributed by atoms with van der Waals surface area (Å²) in [7, 11) is 0. The molecule has 2 heterocycles. The number of nitrogens with zero attached hydrogens (tertiary/aromatic N) is 2. The molecular formula is C22H20ClN3O2. The lowest BCUT2D eigenvalue weighted by Crippen LogP contribution is -2.28. The lowest BCUT2D eigenvalue weighted by molar-refractivity contribution is -0.119. The fourth-order valence-electron chi connectivity index (χ4n) is 3.14. The molecule has 1 amide bonds. The maximum absolute atomic E-state index is 13.0. The van der Waals surface area contributed by atoms with Crippen LogP contribution in [0.3, 0.4) is 0 Å². The number of pyridine rings is 2. The molecule has 2 aromatic heterocycles. The fraction of sp³-hybridized carbons (Fsp3) is 0.227. The van der Waals surface area contributed by atoms with Gasteiger partial charge in [-0.1, -0.05) is 17.7 Å². The highest BCUT2D eigenvalue weighted by Gasteiger charge is 2.35. The molecule has 0 spiro atoms. The van der Waals surface area contributed by atoms with Gasteiger partial charge in [-0.2, -0.15) is 0 Å². The smallest absolute Gasteiger partial charge is 0.250 e. The minimum Gasteiger partial charge on any atom is -0.328 e. The summed E-state index contributed by atoms with van der Waals surface area (Å²) in [4.78, 5) is 33.9. The molecule has 0 unspecified atom stereocenters. The number of H-pyrrole nitrogens is 1. The zero-order chi connectivity index (χ0) is 19.8. The van der Waals surface area contributed by atoms with E-state index in [0.717, 1.165) is 35.3 Å². The third-order valence-electron chi connectivity index (χ3n) is 4.91. The van der Waals surface area contributed by atoms with Gasteiger partial charge in [0.05, 0.1) is 11.4 Å². The number of aromatic nitrogens is 2. The van der Waals surface area contributed by atoms with E-state index >= 15 is 0 Å². The van der Waals surface area contributed by atoms with Gasteiger partial charge in [-0.3, -0.25) is 14.5 Å². The van der Waals surface area contributed by atoms with Gasteiger partial charge in [-0.15, -0.1) is 0 Å². The number of carbonyl (C=O) groups excluding carboxylic acids is 1. The van der Waals surface area contributed by atoms with Crippen LogP contribution in [-0.2, 0) is 4.79 Å². The molecule has 1 fully saturated rings. The number of aryl methyl sites for hydroxylation is 2. The zero-order valence-electron chi connectivity index (χ0n) is 15.7. The number of benzene rings is 1. The molecule has 0 radical (unpaired) electrons. The molecule has 0 aliphatic heterocycles. The van der Waals surface area contributed by atoms with Gasteiger partial charge in [-0.05, 0) is 68.7 Å². The van der Waals surface area contributed by atoms with Crippen LogP contribution < -0.4 is 10.5 Å². The molecule has 1 aliphatic carbocycles. The molecule has 1 N–H and O–H groups in total. The van der Waals surface area contributed by atoms with Crippen molar-refractivity contribution >= 4 is 29.0 Å². The maximum atomic E-state index is 13.0. The van der Waals surface area contributed by atoms with E-state index in [-0.39, 0.29) is 17.4 Å². The number of nitrogens with one attached hydrogen (secondary N) is 1. The van der Waals surface area contributed by atoms with Crippen LogP contribution in [0.5, 0.6) is 0 Å². The summed E-state index contributed by atoms with van der Waals surface area (Å²) in [6, 6.07) is 12.8. The Morgan fingerprint density at radius 1 is 1.11 bits per heavy atom. The minimum atomic E-state index is -0.121. The number of anilines is 2. The van der Waals surface area contributed by atoms with Crippen LogP contribution in [0.2, 0.25) is 5.02 Å². The average molecular weight is 394 g/mol. The van der Waals surface area contributed by atoms with Gasteiger partial charge in [0, 0.05) is 28.3 Å². The van der Waals surface area contributed by atoms with Crippen molar-refractivity contribution in [3.63, 3.8) is 0 Å². The lowest BCUT2D eigenvalue weighted by Gasteiger charge is -2.23. The normalized spacial score (nSPS) is 13.4. The Morgan fingerprint density at radius 3 is 2.46 bits per heavy atom. The molecule has 6 heteroatoms. The second kappa shape index (κ2) is 7.24. The van der Waals surface area contributed by atoms with Crippen LogP contribution in [0.15, 0.2) is 53.5 Å². The number of carbonyl (C=O) groups is 1. The van der Waals surface area contributed by atoms with E-state index in [1.807, 2.05) is 37.3 Å². The van der Waals surface area contributed by atoms with Crippen LogP contribution >= 0.6 is 11.6 Å². The van der Waals surface area contributed by atoms with Crippen molar-refractivity contribution in [3.8, 4) is 11.3 Å². The van der Waals surface area contributed by atoms with Crippen LogP contribution in [0.1, 0.15) is 24.0 Å². The van der Waals surface area contributed by atoms with E-state index < -0.39 is 0 Å². The molecule has 0 saturated heterocycles. The Bertz CT molecular complexity index is 1100. The summed E-state index contributed by atoms with van der Waals surface area (Å²) in [6.45, 7) is 3.72. The van der Waals surface area contributed by atoms with E-state index in [0.29, 0.717) is 16.4 Å². The summed E-state index contributed by atoms with van der Waals surface area (Å²) < 4.78 is 0. The molecule has 3 aromatic rings. The van der Waals surface area contributed by atoms with Crippen molar-refractivity contribution in [3.05, 3.63) is 75.2 Å². The first kappa shape index (κ1) is 18.4. The van der Waals surface area contributed by atoms with Crippen molar-refractivity contribution in [1.82, 2.24) is 9.97 Å². The van der Waals surface area contributed by atoms with Crippen LogP contribution in [-0.4, -0.2) is 15.9 Å². The Labute approximate surface area is 168 Å². The molecule has 28 heavy (non-hydrogen) atoms. The highest BCUT2D eigenvalue weighted by atomic mass is 35.5. The summed E-state index contributed by atoms with van der Waals surface area (Å²) in [6.07, 6.45) is 3.46. The maximum Gasteiger partial charge on any atom is 0.250 e. The molecule has 4 rings (SSSR count). The third kappa shape index (κ3) is 3.58. The molecule has 1 aromatic carbocycles. The zero-order valence-corrected chi connectivity index (χ0v) is 16.5. The topological polar surface area (TPSA) is 66.1 Å². The number of hydrogen-bond acceptors (Lipinski definition) is 3. The molecule has 1 saturated carbocycles. The van der Waals surface area contributed by atoms with Crippen LogP contribution in [0.25, 0.3) is 11.3 Å². The van der Waals surface area contributed by atoms with Gasteiger partial charge < -0.3 is 4.98 Å². The molecule has 0 bridgehead atoms. The number of aromatic amines is 1. The highest BCUT2D eigenvalue weighted by Crippen LogP contribution is 2.37. The predicted octanol–water partition coefficient (Wildman–Crippen LogP) is 4.78. The number of amides is 1.